The molecule has 6 heteroatoms. The molecule has 0 aliphatic heterocycles. The summed E-state index contributed by atoms with van der Waals surface area (Å²) in [7, 11) is 0. The fourth-order valence-corrected chi connectivity index (χ4v) is 2.77. The Morgan fingerprint density at radius 2 is 2.40 bits per heavy atom. The lowest BCUT2D eigenvalue weighted by Gasteiger charge is -2.11. The molecule has 1 heterocycles. The van der Waals surface area contributed by atoms with Crippen molar-refractivity contribution in [1.82, 2.24) is 10.3 Å². The standard InChI is InChI=1S/C14H12BrN3OS/c1-9-17-12(8-20-9)6-14(19)18-13(7-16)10-3-2-4-11(15)5-10/h2-5,8,13H,6H2,1H3,(H,18,19)/t13-/m1/s1. The topological polar surface area (TPSA) is 65.8 Å². The van der Waals surface area contributed by atoms with Crippen LogP contribution in [0.1, 0.15) is 22.3 Å². The first-order valence-electron chi connectivity index (χ1n) is 5.94. The van der Waals surface area contributed by atoms with Gasteiger partial charge in [0, 0.05) is 9.85 Å². The molecule has 0 bridgehead atoms. The molecule has 0 spiro atoms. The highest BCUT2D eigenvalue weighted by Crippen LogP contribution is 2.18. The van der Waals surface area contributed by atoms with E-state index >= 15 is 0 Å². The van der Waals surface area contributed by atoms with Crippen molar-refractivity contribution in [2.75, 3.05) is 0 Å². The Hall–Kier alpha value is -1.71. The molecule has 4 nitrogen and oxygen atoms in total. The molecule has 1 N–H and O–H groups in total. The van der Waals surface area contributed by atoms with E-state index in [1.54, 1.807) is 0 Å². The van der Waals surface area contributed by atoms with E-state index in [0.29, 0.717) is 0 Å². The van der Waals surface area contributed by atoms with Gasteiger partial charge in [-0.15, -0.1) is 11.3 Å². The Kier molecular flexibility index (Phi) is 4.88. The van der Waals surface area contributed by atoms with E-state index in [0.717, 1.165) is 20.7 Å². The number of nitrogens with zero attached hydrogens (tertiary/aromatic N) is 2. The van der Waals surface area contributed by atoms with Crippen molar-refractivity contribution in [2.24, 2.45) is 0 Å². The molecule has 0 radical (unpaired) electrons. The maximum atomic E-state index is 11.9. The maximum absolute atomic E-state index is 11.9. The third-order valence-electron chi connectivity index (χ3n) is 2.62. The van der Waals surface area contributed by atoms with Gasteiger partial charge in [-0.3, -0.25) is 4.79 Å². The Bertz CT molecular complexity index is 662. The summed E-state index contributed by atoms with van der Waals surface area (Å²) in [6.45, 7) is 1.89. The van der Waals surface area contributed by atoms with Crippen molar-refractivity contribution >= 4 is 33.2 Å². The van der Waals surface area contributed by atoms with Crippen molar-refractivity contribution in [3.05, 3.63) is 50.4 Å². The van der Waals surface area contributed by atoms with Gasteiger partial charge in [0.1, 0.15) is 6.04 Å². The highest BCUT2D eigenvalue weighted by Gasteiger charge is 2.15. The lowest BCUT2D eigenvalue weighted by Crippen LogP contribution is -2.29. The van der Waals surface area contributed by atoms with E-state index in [9.17, 15) is 10.1 Å². The summed E-state index contributed by atoms with van der Waals surface area (Å²) in [5.41, 5.74) is 1.49. The quantitative estimate of drug-likeness (QED) is 0.921. The number of amides is 1. The number of halogens is 1. The highest BCUT2D eigenvalue weighted by atomic mass is 79.9. The molecule has 0 saturated carbocycles. The van der Waals surface area contributed by atoms with E-state index in [1.165, 1.54) is 11.3 Å². The fourth-order valence-electron chi connectivity index (χ4n) is 1.74. The predicted octanol–water partition coefficient (Wildman–Crippen LogP) is 3.14. The summed E-state index contributed by atoms with van der Waals surface area (Å²) >= 11 is 4.86. The van der Waals surface area contributed by atoms with Crippen molar-refractivity contribution in [1.29, 1.82) is 5.26 Å². The van der Waals surface area contributed by atoms with Gasteiger partial charge in [-0.25, -0.2) is 4.98 Å². The number of hydrogen-bond donors (Lipinski definition) is 1. The average Bonchev–Trinajstić information content (AvgIpc) is 2.81. The van der Waals surface area contributed by atoms with Crippen LogP contribution in [0, 0.1) is 18.3 Å². The van der Waals surface area contributed by atoms with E-state index in [-0.39, 0.29) is 12.3 Å². The zero-order valence-electron chi connectivity index (χ0n) is 10.8. The van der Waals surface area contributed by atoms with Crippen LogP contribution in [0.5, 0.6) is 0 Å². The van der Waals surface area contributed by atoms with E-state index in [4.69, 9.17) is 0 Å². The number of hydrogen-bond acceptors (Lipinski definition) is 4. The fraction of sp³-hybridized carbons (Fsp3) is 0.214. The highest BCUT2D eigenvalue weighted by molar-refractivity contribution is 9.10. The third-order valence-corrected chi connectivity index (χ3v) is 3.94. The number of carbonyl (C=O) groups excluding carboxylic acids is 1. The van der Waals surface area contributed by atoms with E-state index in [1.807, 2.05) is 36.6 Å². The largest absolute Gasteiger partial charge is 0.336 e. The van der Waals surface area contributed by atoms with Gasteiger partial charge >= 0.3 is 0 Å². The minimum atomic E-state index is -0.653. The van der Waals surface area contributed by atoms with Crippen LogP contribution in [-0.4, -0.2) is 10.9 Å². The molecule has 0 aliphatic rings. The molecule has 20 heavy (non-hydrogen) atoms. The lowest BCUT2D eigenvalue weighted by molar-refractivity contribution is -0.120. The molecule has 0 fully saturated rings. The molecule has 102 valence electrons. The third kappa shape index (κ3) is 3.89. The lowest BCUT2D eigenvalue weighted by atomic mass is 10.1. The molecule has 1 aromatic carbocycles. The van der Waals surface area contributed by atoms with Gasteiger partial charge in [0.15, 0.2) is 0 Å². The molecule has 2 aromatic rings. The van der Waals surface area contributed by atoms with Crippen LogP contribution < -0.4 is 5.32 Å². The molecule has 1 atom stereocenters. The van der Waals surface area contributed by atoms with Gasteiger partial charge < -0.3 is 5.32 Å². The first-order chi connectivity index (χ1) is 9.58. The predicted molar refractivity (Wildman–Crippen MR) is 81.2 cm³/mol. The monoisotopic (exact) mass is 349 g/mol. The molecule has 0 saturated heterocycles. The number of nitrogens with one attached hydrogen (secondary N) is 1. The van der Waals surface area contributed by atoms with Crippen LogP contribution >= 0.6 is 27.3 Å². The van der Waals surface area contributed by atoms with Gasteiger partial charge in [-0.05, 0) is 24.6 Å². The summed E-state index contributed by atoms with van der Waals surface area (Å²) in [5.74, 6) is -0.207. The normalized spacial score (nSPS) is 11.7. The Morgan fingerprint density at radius 1 is 1.60 bits per heavy atom. The average molecular weight is 350 g/mol. The second kappa shape index (κ2) is 6.64. The Labute approximate surface area is 129 Å². The zero-order chi connectivity index (χ0) is 14.5. The second-order valence-electron chi connectivity index (χ2n) is 4.22. The Balaban J connectivity index is 2.03. The van der Waals surface area contributed by atoms with Crippen LogP contribution in [0.15, 0.2) is 34.1 Å². The molecule has 1 aromatic heterocycles. The van der Waals surface area contributed by atoms with Crippen LogP contribution in [-0.2, 0) is 11.2 Å². The van der Waals surface area contributed by atoms with Crippen molar-refractivity contribution in [2.45, 2.75) is 19.4 Å². The number of aryl methyl sites for hydroxylation is 1. The van der Waals surface area contributed by atoms with Crippen LogP contribution in [0.3, 0.4) is 0 Å². The van der Waals surface area contributed by atoms with Gasteiger partial charge in [0.25, 0.3) is 0 Å². The van der Waals surface area contributed by atoms with Gasteiger partial charge in [0.2, 0.25) is 5.91 Å². The van der Waals surface area contributed by atoms with Crippen molar-refractivity contribution in [3.63, 3.8) is 0 Å². The molecule has 0 aliphatic carbocycles. The molecular weight excluding hydrogens is 338 g/mol. The summed E-state index contributed by atoms with van der Waals surface area (Å²) in [6, 6.07) is 8.78. The number of aromatic nitrogens is 1. The van der Waals surface area contributed by atoms with Gasteiger partial charge in [-0.1, -0.05) is 28.1 Å². The van der Waals surface area contributed by atoms with Crippen LogP contribution in [0.2, 0.25) is 0 Å². The summed E-state index contributed by atoms with van der Waals surface area (Å²) < 4.78 is 0.875. The summed E-state index contributed by atoms with van der Waals surface area (Å²) in [6.07, 6.45) is 0.191. The van der Waals surface area contributed by atoms with Crippen molar-refractivity contribution < 1.29 is 4.79 Å². The summed E-state index contributed by atoms with van der Waals surface area (Å²) in [5, 5.41) is 14.7. The maximum Gasteiger partial charge on any atom is 0.227 e. The Morgan fingerprint density at radius 3 is 3.00 bits per heavy atom. The first kappa shape index (κ1) is 14.7. The van der Waals surface area contributed by atoms with Crippen LogP contribution in [0.4, 0.5) is 0 Å². The SMILES string of the molecule is Cc1nc(CC(=O)N[C@H](C#N)c2cccc(Br)c2)cs1. The number of thiazole rings is 1. The van der Waals surface area contributed by atoms with Gasteiger partial charge in [0.05, 0.1) is 23.2 Å². The van der Waals surface area contributed by atoms with E-state index in [2.05, 4.69) is 32.3 Å². The zero-order valence-corrected chi connectivity index (χ0v) is 13.2. The molecule has 1 amide bonds. The molecule has 2 rings (SSSR count). The number of carbonyl (C=O) groups is 1. The van der Waals surface area contributed by atoms with Gasteiger partial charge in [-0.2, -0.15) is 5.26 Å². The number of benzene rings is 1. The molecular formula is C14H12BrN3OS. The first-order valence-corrected chi connectivity index (χ1v) is 7.61. The molecule has 0 unspecified atom stereocenters. The minimum Gasteiger partial charge on any atom is -0.336 e. The van der Waals surface area contributed by atoms with Crippen LogP contribution in [0.25, 0.3) is 0 Å². The van der Waals surface area contributed by atoms with Crippen molar-refractivity contribution in [3.8, 4) is 6.07 Å². The smallest absolute Gasteiger partial charge is 0.227 e. The van der Waals surface area contributed by atoms with E-state index < -0.39 is 6.04 Å². The number of rotatable bonds is 4. The summed E-state index contributed by atoms with van der Waals surface area (Å²) in [4.78, 5) is 16.2. The second-order valence-corrected chi connectivity index (χ2v) is 6.20. The number of nitriles is 1. The minimum absolute atomic E-state index is 0.191.